The van der Waals surface area contributed by atoms with Crippen LogP contribution in [0.15, 0.2) is 72.8 Å². The number of hydrogen-bond acceptors (Lipinski definition) is 6. The Balaban J connectivity index is 1.38. The molecule has 34 heavy (non-hydrogen) atoms. The van der Waals surface area contributed by atoms with Gasteiger partial charge in [-0.25, -0.2) is 0 Å². The zero-order valence-electron chi connectivity index (χ0n) is 18.9. The highest BCUT2D eigenvalue weighted by atomic mass is 16.5. The first kappa shape index (κ1) is 22.7. The van der Waals surface area contributed by atoms with Crippen LogP contribution in [0.1, 0.15) is 11.1 Å². The third-order valence-corrected chi connectivity index (χ3v) is 4.91. The van der Waals surface area contributed by atoms with Gasteiger partial charge in [0.1, 0.15) is 12.3 Å². The van der Waals surface area contributed by atoms with E-state index in [1.165, 1.54) is 4.80 Å². The molecule has 0 aliphatic rings. The summed E-state index contributed by atoms with van der Waals surface area (Å²) in [6.07, 6.45) is 0. The van der Waals surface area contributed by atoms with Gasteiger partial charge in [-0.3, -0.25) is 9.59 Å². The molecule has 0 aliphatic carbocycles. The van der Waals surface area contributed by atoms with Crippen LogP contribution in [-0.2, 0) is 16.1 Å². The maximum absolute atomic E-state index is 12.4. The van der Waals surface area contributed by atoms with Crippen LogP contribution in [0.4, 0.5) is 11.4 Å². The van der Waals surface area contributed by atoms with Gasteiger partial charge < -0.3 is 15.4 Å². The summed E-state index contributed by atoms with van der Waals surface area (Å²) in [4.78, 5) is 26.0. The molecule has 3 aromatic carbocycles. The van der Waals surface area contributed by atoms with E-state index in [4.69, 9.17) is 4.74 Å². The van der Waals surface area contributed by atoms with Gasteiger partial charge in [-0.1, -0.05) is 47.5 Å². The Kier molecular flexibility index (Phi) is 6.92. The minimum absolute atomic E-state index is 0.0974. The van der Waals surface area contributed by atoms with Gasteiger partial charge in [0.25, 0.3) is 5.91 Å². The van der Waals surface area contributed by atoms with Crippen LogP contribution in [0.5, 0.6) is 5.75 Å². The number of nitrogens with one attached hydrogen (secondary N) is 2. The van der Waals surface area contributed by atoms with Crippen LogP contribution in [0.3, 0.4) is 0 Å². The molecule has 4 rings (SSSR count). The molecule has 0 fully saturated rings. The van der Waals surface area contributed by atoms with Gasteiger partial charge in [-0.15, -0.1) is 10.2 Å². The lowest BCUT2D eigenvalue weighted by atomic mass is 10.1. The van der Waals surface area contributed by atoms with Crippen molar-refractivity contribution in [2.75, 3.05) is 17.2 Å². The second-order valence-corrected chi connectivity index (χ2v) is 7.75. The fraction of sp³-hybridized carbons (Fsp3) is 0.160. The van der Waals surface area contributed by atoms with Crippen molar-refractivity contribution in [2.24, 2.45) is 0 Å². The Labute approximate surface area is 196 Å². The molecule has 0 atom stereocenters. The van der Waals surface area contributed by atoms with E-state index in [0.717, 1.165) is 11.1 Å². The lowest BCUT2D eigenvalue weighted by molar-refractivity contribution is -0.118. The minimum Gasteiger partial charge on any atom is -0.484 e. The molecule has 4 aromatic rings. The van der Waals surface area contributed by atoms with Crippen molar-refractivity contribution >= 4 is 23.2 Å². The van der Waals surface area contributed by atoms with E-state index in [1.54, 1.807) is 24.3 Å². The number of carbonyl (C=O) groups excluding carboxylic acids is 2. The molecule has 0 bridgehead atoms. The number of hydrogen-bond donors (Lipinski definition) is 2. The average molecular weight is 457 g/mol. The molecule has 0 radical (unpaired) electrons. The summed E-state index contributed by atoms with van der Waals surface area (Å²) in [5, 5.41) is 17.9. The lowest BCUT2D eigenvalue weighted by Crippen LogP contribution is -2.21. The minimum atomic E-state index is -0.321. The smallest absolute Gasteiger partial charge is 0.262 e. The van der Waals surface area contributed by atoms with Crippen molar-refractivity contribution in [3.05, 3.63) is 83.9 Å². The monoisotopic (exact) mass is 456 g/mol. The summed E-state index contributed by atoms with van der Waals surface area (Å²) < 4.78 is 5.54. The first-order valence-corrected chi connectivity index (χ1v) is 10.7. The Morgan fingerprint density at radius 1 is 0.853 bits per heavy atom. The molecule has 0 saturated carbocycles. The Morgan fingerprint density at radius 2 is 1.53 bits per heavy atom. The van der Waals surface area contributed by atoms with Crippen molar-refractivity contribution in [1.82, 2.24) is 20.2 Å². The second-order valence-electron chi connectivity index (χ2n) is 7.75. The van der Waals surface area contributed by atoms with E-state index in [-0.39, 0.29) is 25.0 Å². The highest BCUT2D eigenvalue weighted by Crippen LogP contribution is 2.24. The van der Waals surface area contributed by atoms with E-state index in [9.17, 15) is 9.59 Å². The van der Waals surface area contributed by atoms with Crippen molar-refractivity contribution in [1.29, 1.82) is 0 Å². The normalized spacial score (nSPS) is 10.5. The zero-order chi connectivity index (χ0) is 23.9. The van der Waals surface area contributed by atoms with Gasteiger partial charge in [0.2, 0.25) is 11.7 Å². The number of amides is 2. The number of aryl methyl sites for hydroxylation is 2. The largest absolute Gasteiger partial charge is 0.484 e. The van der Waals surface area contributed by atoms with E-state index in [1.807, 2.05) is 62.4 Å². The fourth-order valence-corrected chi connectivity index (χ4v) is 3.14. The molecule has 1 heterocycles. The summed E-state index contributed by atoms with van der Waals surface area (Å²) in [5.41, 5.74) is 4.00. The summed E-state index contributed by atoms with van der Waals surface area (Å²) in [5.74, 6) is 0.307. The van der Waals surface area contributed by atoms with Gasteiger partial charge >= 0.3 is 0 Å². The van der Waals surface area contributed by atoms with Crippen LogP contribution in [-0.4, -0.2) is 38.6 Å². The first-order valence-electron chi connectivity index (χ1n) is 10.7. The molecule has 9 heteroatoms. The third-order valence-electron chi connectivity index (χ3n) is 4.91. The Morgan fingerprint density at radius 3 is 2.26 bits per heavy atom. The Hall–Kier alpha value is -4.53. The second kappa shape index (κ2) is 10.4. The predicted octanol–water partition coefficient (Wildman–Crippen LogP) is 3.61. The summed E-state index contributed by atoms with van der Waals surface area (Å²) >= 11 is 0. The van der Waals surface area contributed by atoms with Crippen molar-refractivity contribution in [3.63, 3.8) is 0 Å². The standard InChI is InChI=1S/C25H24N6O3/c1-17-7-11-19(12-8-17)26-23(32)15-31-29-25(28-30-31)21-5-3-4-6-22(21)27-24(33)16-34-20-13-9-18(2)10-14-20/h3-14H,15-16H2,1-2H3,(H,26,32)(H,27,33). The predicted molar refractivity (Wildman–Crippen MR) is 128 cm³/mol. The molecule has 0 unspecified atom stereocenters. The molecule has 2 amide bonds. The van der Waals surface area contributed by atoms with Crippen LogP contribution in [0, 0.1) is 13.8 Å². The van der Waals surface area contributed by atoms with Gasteiger partial charge in [0.15, 0.2) is 6.61 Å². The van der Waals surface area contributed by atoms with Gasteiger partial charge in [0, 0.05) is 11.3 Å². The molecule has 0 aliphatic heterocycles. The first-order chi connectivity index (χ1) is 16.5. The van der Waals surface area contributed by atoms with Gasteiger partial charge in [-0.2, -0.15) is 4.80 Å². The average Bonchev–Trinajstić information content (AvgIpc) is 3.28. The number of rotatable bonds is 8. The highest BCUT2D eigenvalue weighted by Gasteiger charge is 2.14. The summed E-state index contributed by atoms with van der Waals surface area (Å²) in [6.45, 7) is 3.72. The molecular weight excluding hydrogens is 432 g/mol. The number of carbonyl (C=O) groups is 2. The van der Waals surface area contributed by atoms with Crippen LogP contribution >= 0.6 is 0 Å². The van der Waals surface area contributed by atoms with Crippen LogP contribution in [0.2, 0.25) is 0 Å². The highest BCUT2D eigenvalue weighted by molar-refractivity contribution is 5.95. The number of para-hydroxylation sites is 1. The molecule has 1 aromatic heterocycles. The molecule has 9 nitrogen and oxygen atoms in total. The number of anilines is 2. The van der Waals surface area contributed by atoms with E-state index < -0.39 is 0 Å². The number of tetrazole rings is 1. The third kappa shape index (κ3) is 6.04. The van der Waals surface area contributed by atoms with Crippen LogP contribution < -0.4 is 15.4 Å². The molecule has 172 valence electrons. The molecule has 2 N–H and O–H groups in total. The van der Waals surface area contributed by atoms with Gasteiger partial charge in [-0.05, 0) is 55.5 Å². The van der Waals surface area contributed by atoms with Crippen molar-refractivity contribution in [2.45, 2.75) is 20.4 Å². The number of benzene rings is 3. The Bertz CT molecular complexity index is 1280. The van der Waals surface area contributed by atoms with Gasteiger partial charge in [0.05, 0.1) is 5.69 Å². The molecule has 0 saturated heterocycles. The zero-order valence-corrected chi connectivity index (χ0v) is 18.9. The quantitative estimate of drug-likeness (QED) is 0.419. The topological polar surface area (TPSA) is 111 Å². The number of nitrogens with zero attached hydrogens (tertiary/aromatic N) is 4. The van der Waals surface area contributed by atoms with E-state index in [2.05, 4.69) is 26.0 Å². The molecule has 0 spiro atoms. The number of aromatic nitrogens is 4. The summed E-state index contributed by atoms with van der Waals surface area (Å²) in [7, 11) is 0. The number of ether oxygens (including phenoxy) is 1. The molecular formula is C25H24N6O3. The maximum Gasteiger partial charge on any atom is 0.262 e. The lowest BCUT2D eigenvalue weighted by Gasteiger charge is -2.10. The van der Waals surface area contributed by atoms with Crippen LogP contribution in [0.25, 0.3) is 11.4 Å². The van der Waals surface area contributed by atoms with Crippen molar-refractivity contribution in [3.8, 4) is 17.1 Å². The summed E-state index contributed by atoms with van der Waals surface area (Å²) in [6, 6.07) is 22.0. The maximum atomic E-state index is 12.4. The SMILES string of the molecule is Cc1ccc(NC(=O)Cn2nnc(-c3ccccc3NC(=O)COc3ccc(C)cc3)n2)cc1. The fourth-order valence-electron chi connectivity index (χ4n) is 3.14. The van der Waals surface area contributed by atoms with E-state index in [0.29, 0.717) is 28.5 Å². The van der Waals surface area contributed by atoms with E-state index >= 15 is 0 Å². The van der Waals surface area contributed by atoms with Crippen molar-refractivity contribution < 1.29 is 14.3 Å².